The molecule has 0 radical (unpaired) electrons. The number of amides is 1. The van der Waals surface area contributed by atoms with Crippen molar-refractivity contribution < 1.29 is 33.6 Å². The summed E-state index contributed by atoms with van der Waals surface area (Å²) in [5, 5.41) is 9.82. The normalized spacial score (nSPS) is 19.4. The molecule has 1 amide bonds. The smallest absolute Gasteiger partial charge is 0.326 e. The Morgan fingerprint density at radius 3 is 2.44 bits per heavy atom. The molecule has 0 bridgehead atoms. The Morgan fingerprint density at radius 1 is 1.06 bits per heavy atom. The van der Waals surface area contributed by atoms with Gasteiger partial charge in [0, 0.05) is 13.0 Å². The third kappa shape index (κ3) is 6.93. The first-order valence-electron chi connectivity index (χ1n) is 13.1. The minimum Gasteiger partial charge on any atom is -0.493 e. The summed E-state index contributed by atoms with van der Waals surface area (Å²) in [5.74, 6) is 0.131. The zero-order chi connectivity index (χ0) is 25.9. The average molecular weight is 504 g/mol. The molecule has 0 aromatic heterocycles. The molecule has 1 aromatic carbocycles. The largest absolute Gasteiger partial charge is 0.493 e. The Morgan fingerprint density at radius 2 is 1.78 bits per heavy atom. The maximum Gasteiger partial charge on any atom is 0.326 e. The van der Waals surface area contributed by atoms with Gasteiger partial charge in [0.1, 0.15) is 6.04 Å². The number of carbonyl (C=O) groups is 2. The third-order valence-corrected chi connectivity index (χ3v) is 7.21. The van der Waals surface area contributed by atoms with E-state index in [-0.39, 0.29) is 11.8 Å². The highest BCUT2D eigenvalue weighted by Crippen LogP contribution is 2.45. The van der Waals surface area contributed by atoms with Crippen LogP contribution in [-0.2, 0) is 14.3 Å². The van der Waals surface area contributed by atoms with Crippen LogP contribution in [-0.4, -0.2) is 68.5 Å². The number of carboxylic acid groups (broad SMARTS) is 1. The van der Waals surface area contributed by atoms with E-state index in [1.54, 1.807) is 25.2 Å². The highest BCUT2D eigenvalue weighted by Gasteiger charge is 2.40. The van der Waals surface area contributed by atoms with Gasteiger partial charge in [-0.3, -0.25) is 4.79 Å². The molecule has 1 heterocycles. The predicted molar refractivity (Wildman–Crippen MR) is 137 cm³/mol. The van der Waals surface area contributed by atoms with Crippen LogP contribution in [0.25, 0.3) is 0 Å². The Labute approximate surface area is 214 Å². The molecule has 200 valence electrons. The van der Waals surface area contributed by atoms with Gasteiger partial charge in [0.15, 0.2) is 11.5 Å². The van der Waals surface area contributed by atoms with E-state index in [0.29, 0.717) is 56.5 Å². The Kier molecular flexibility index (Phi) is 10.9. The Hall–Kier alpha value is -2.74. The third-order valence-electron chi connectivity index (χ3n) is 7.21. The maximum absolute atomic E-state index is 14.1. The highest BCUT2D eigenvalue weighted by molar-refractivity contribution is 5.89. The van der Waals surface area contributed by atoms with Gasteiger partial charge in [0.2, 0.25) is 11.7 Å². The molecule has 8 heteroatoms. The predicted octanol–water partition coefficient (Wildman–Crippen LogP) is 4.80. The number of hydrogen-bond donors (Lipinski definition) is 1. The topological polar surface area (TPSA) is 94.5 Å². The van der Waals surface area contributed by atoms with Crippen LogP contribution in [0.5, 0.6) is 17.2 Å². The van der Waals surface area contributed by atoms with Gasteiger partial charge >= 0.3 is 5.97 Å². The van der Waals surface area contributed by atoms with E-state index in [1.165, 1.54) is 0 Å². The molecule has 2 atom stereocenters. The monoisotopic (exact) mass is 503 g/mol. The number of benzene rings is 1. The van der Waals surface area contributed by atoms with E-state index < -0.39 is 17.9 Å². The quantitative estimate of drug-likeness (QED) is 0.305. The molecule has 2 fully saturated rings. The van der Waals surface area contributed by atoms with Gasteiger partial charge in [0.05, 0.1) is 40.0 Å². The molecule has 1 saturated carbocycles. The van der Waals surface area contributed by atoms with Crippen LogP contribution < -0.4 is 14.2 Å². The van der Waals surface area contributed by atoms with E-state index in [2.05, 4.69) is 6.58 Å². The van der Waals surface area contributed by atoms with Crippen LogP contribution in [0.3, 0.4) is 0 Å². The minimum absolute atomic E-state index is 0.106. The van der Waals surface area contributed by atoms with Crippen molar-refractivity contribution in [3.05, 3.63) is 30.4 Å². The zero-order valence-corrected chi connectivity index (χ0v) is 21.7. The van der Waals surface area contributed by atoms with Crippen LogP contribution in [0, 0.1) is 5.92 Å². The summed E-state index contributed by atoms with van der Waals surface area (Å²) in [6.07, 6.45) is 9.69. The fraction of sp³-hybridized carbons (Fsp3) is 0.643. The number of piperidine rings is 1. The summed E-state index contributed by atoms with van der Waals surface area (Å²) in [6.45, 7) is 5.56. The van der Waals surface area contributed by atoms with Gasteiger partial charge in [-0.15, -0.1) is 6.58 Å². The summed E-state index contributed by atoms with van der Waals surface area (Å²) >= 11 is 0. The van der Waals surface area contributed by atoms with Gasteiger partial charge in [-0.2, -0.15) is 0 Å². The molecule has 0 spiro atoms. The second-order valence-electron chi connectivity index (χ2n) is 9.58. The molecule has 8 nitrogen and oxygen atoms in total. The van der Waals surface area contributed by atoms with Gasteiger partial charge in [-0.25, -0.2) is 4.79 Å². The highest BCUT2D eigenvalue weighted by atomic mass is 16.5. The van der Waals surface area contributed by atoms with Gasteiger partial charge < -0.3 is 29.0 Å². The molecular formula is C28H41NO7. The molecule has 1 aliphatic carbocycles. The zero-order valence-electron chi connectivity index (χ0n) is 21.7. The number of carbonyl (C=O) groups excluding carboxylic acids is 1. The Balaban J connectivity index is 1.94. The number of rotatable bonds is 13. The molecule has 3 rings (SSSR count). The fourth-order valence-electron chi connectivity index (χ4n) is 5.46. The summed E-state index contributed by atoms with van der Waals surface area (Å²) in [5.41, 5.74) is 0.789. The first-order valence-corrected chi connectivity index (χ1v) is 13.1. The van der Waals surface area contributed by atoms with E-state index in [4.69, 9.17) is 18.9 Å². The van der Waals surface area contributed by atoms with Crippen molar-refractivity contribution in [2.75, 3.05) is 40.6 Å². The molecule has 1 aliphatic heterocycles. The van der Waals surface area contributed by atoms with Crippen LogP contribution in [0.1, 0.15) is 69.3 Å². The number of likely N-dealkylation sites (tertiary alicyclic amines) is 1. The van der Waals surface area contributed by atoms with Crippen molar-refractivity contribution in [1.29, 1.82) is 0 Å². The molecule has 2 unspecified atom stereocenters. The second-order valence-corrected chi connectivity index (χ2v) is 9.58. The Bertz CT molecular complexity index is 881. The maximum atomic E-state index is 14.1. The molecule has 1 N–H and O–H groups in total. The number of nitrogens with zero attached hydrogens (tertiary/aromatic N) is 1. The molecule has 1 saturated heterocycles. The number of aliphatic carboxylic acids is 1. The van der Waals surface area contributed by atoms with Gasteiger partial charge in [-0.1, -0.05) is 25.3 Å². The lowest BCUT2D eigenvalue weighted by Gasteiger charge is -2.39. The van der Waals surface area contributed by atoms with E-state index in [0.717, 1.165) is 50.5 Å². The van der Waals surface area contributed by atoms with E-state index in [1.807, 2.05) is 12.1 Å². The van der Waals surface area contributed by atoms with Gasteiger partial charge in [-0.05, 0) is 55.7 Å². The van der Waals surface area contributed by atoms with Crippen molar-refractivity contribution in [2.45, 2.75) is 69.7 Å². The van der Waals surface area contributed by atoms with E-state index >= 15 is 0 Å². The second kappa shape index (κ2) is 14.1. The van der Waals surface area contributed by atoms with Crippen molar-refractivity contribution in [3.8, 4) is 17.2 Å². The lowest BCUT2D eigenvalue weighted by Crippen LogP contribution is -2.50. The summed E-state index contributed by atoms with van der Waals surface area (Å²) in [4.78, 5) is 27.6. The summed E-state index contributed by atoms with van der Waals surface area (Å²) in [7, 11) is 3.13. The molecule has 1 aromatic rings. The molecule has 2 aliphatic rings. The molecule has 36 heavy (non-hydrogen) atoms. The number of carboxylic acids is 1. The SMILES string of the molecule is C=CCOCCCOc1cc(C(C(=O)N2CCCCC2C(=O)O)C2CCCCC2)cc(OC)c1OC. The average Bonchev–Trinajstić information content (AvgIpc) is 2.91. The summed E-state index contributed by atoms with van der Waals surface area (Å²) in [6, 6.07) is 2.96. The van der Waals surface area contributed by atoms with Crippen LogP contribution in [0.15, 0.2) is 24.8 Å². The van der Waals surface area contributed by atoms with Crippen molar-refractivity contribution in [2.24, 2.45) is 5.92 Å². The number of ether oxygens (including phenoxy) is 4. The molecular weight excluding hydrogens is 462 g/mol. The van der Waals surface area contributed by atoms with Crippen molar-refractivity contribution >= 4 is 11.9 Å². The fourth-order valence-corrected chi connectivity index (χ4v) is 5.46. The van der Waals surface area contributed by atoms with E-state index in [9.17, 15) is 14.7 Å². The summed E-state index contributed by atoms with van der Waals surface area (Å²) < 4.78 is 22.8. The van der Waals surface area contributed by atoms with Crippen LogP contribution >= 0.6 is 0 Å². The van der Waals surface area contributed by atoms with Crippen molar-refractivity contribution in [3.63, 3.8) is 0 Å². The first kappa shape index (κ1) is 27.8. The van der Waals surface area contributed by atoms with Crippen LogP contribution in [0.4, 0.5) is 0 Å². The lowest BCUT2D eigenvalue weighted by atomic mass is 9.75. The van der Waals surface area contributed by atoms with Crippen LogP contribution in [0.2, 0.25) is 0 Å². The first-order chi connectivity index (χ1) is 17.5. The number of hydrogen-bond acceptors (Lipinski definition) is 6. The van der Waals surface area contributed by atoms with Gasteiger partial charge in [0.25, 0.3) is 0 Å². The lowest BCUT2D eigenvalue weighted by molar-refractivity contribution is -0.153. The minimum atomic E-state index is -0.930. The van der Waals surface area contributed by atoms with Crippen molar-refractivity contribution in [1.82, 2.24) is 4.90 Å². The standard InChI is InChI=1S/C28H41NO7/c1-4-15-35-16-10-17-36-24-19-21(18-23(33-2)26(24)34-3)25(20-11-6-5-7-12-20)27(30)29-14-9-8-13-22(29)28(31)32/h4,18-20,22,25H,1,5-17H2,2-3H3,(H,31,32). The number of methoxy groups -OCH3 is 2.